The average Bonchev–Trinajstić information content (AvgIpc) is 2.77. The molecule has 1 aromatic heterocycles. The number of thioether (sulfide) groups is 1. The van der Waals surface area contributed by atoms with Crippen LogP contribution in [-0.2, 0) is 0 Å². The first-order valence-corrected chi connectivity index (χ1v) is 9.00. The van der Waals surface area contributed by atoms with Gasteiger partial charge in [-0.05, 0) is 44.6 Å². The van der Waals surface area contributed by atoms with E-state index in [0.717, 1.165) is 27.7 Å². The number of aryl methyl sites for hydroxylation is 1. The summed E-state index contributed by atoms with van der Waals surface area (Å²) >= 11 is 3.66. The zero-order valence-corrected chi connectivity index (χ0v) is 14.0. The Kier molecular flexibility index (Phi) is 5.66. The van der Waals surface area contributed by atoms with Gasteiger partial charge in [0.25, 0.3) is 0 Å². The Morgan fingerprint density at radius 1 is 1.37 bits per heavy atom. The van der Waals surface area contributed by atoms with Crippen molar-refractivity contribution in [3.63, 3.8) is 0 Å². The van der Waals surface area contributed by atoms with E-state index in [9.17, 15) is 0 Å². The maximum Gasteiger partial charge on any atom is 0.174 e. The molecule has 0 amide bonds. The number of nitrogens with zero attached hydrogens (tertiary/aromatic N) is 2. The molecule has 1 aliphatic rings. The van der Waals surface area contributed by atoms with Gasteiger partial charge in [0.05, 0.1) is 0 Å². The summed E-state index contributed by atoms with van der Waals surface area (Å²) in [5, 5.41) is 13.8. The van der Waals surface area contributed by atoms with Gasteiger partial charge in [-0.15, -0.1) is 10.2 Å². The molecule has 0 radical (unpaired) electrons. The molecule has 0 aromatic carbocycles. The minimum atomic E-state index is 0.634. The summed E-state index contributed by atoms with van der Waals surface area (Å²) in [4.78, 5) is 0. The third-order valence-corrected chi connectivity index (χ3v) is 6.28. The monoisotopic (exact) mass is 299 g/mol. The van der Waals surface area contributed by atoms with Crippen LogP contribution in [0.3, 0.4) is 0 Å². The van der Waals surface area contributed by atoms with Crippen molar-refractivity contribution in [3.05, 3.63) is 5.01 Å². The van der Waals surface area contributed by atoms with Crippen LogP contribution in [0.25, 0.3) is 0 Å². The molecule has 1 fully saturated rings. The number of aromatic nitrogens is 2. The number of hydrogen-bond acceptors (Lipinski definition) is 5. The fourth-order valence-corrected chi connectivity index (χ4v) is 5.28. The molecule has 5 heteroatoms. The van der Waals surface area contributed by atoms with Gasteiger partial charge in [0.2, 0.25) is 0 Å². The van der Waals surface area contributed by atoms with Crippen molar-refractivity contribution in [2.24, 2.45) is 11.8 Å². The van der Waals surface area contributed by atoms with Crippen LogP contribution in [-0.4, -0.2) is 28.0 Å². The Balaban J connectivity index is 2.02. The second-order valence-corrected chi connectivity index (χ2v) is 8.39. The van der Waals surface area contributed by atoms with E-state index in [1.165, 1.54) is 19.3 Å². The maximum absolute atomic E-state index is 4.28. The van der Waals surface area contributed by atoms with Gasteiger partial charge < -0.3 is 5.32 Å². The standard InChI is InChI=1S/C14H25N3S2/c1-5-15-12-7-6-11(9(2)3)8-13(12)19-14-17-16-10(4)18-14/h9,11-13,15H,5-8H2,1-4H3. The predicted molar refractivity (Wildman–Crippen MR) is 83.9 cm³/mol. The molecule has 1 heterocycles. The highest BCUT2D eigenvalue weighted by Crippen LogP contribution is 2.39. The van der Waals surface area contributed by atoms with Crippen molar-refractivity contribution in [3.8, 4) is 0 Å². The Hall–Kier alpha value is -0.130. The van der Waals surface area contributed by atoms with Gasteiger partial charge in [0.1, 0.15) is 5.01 Å². The molecule has 1 N–H and O–H groups in total. The topological polar surface area (TPSA) is 37.8 Å². The maximum atomic E-state index is 4.28. The van der Waals surface area contributed by atoms with Gasteiger partial charge in [-0.1, -0.05) is 43.9 Å². The smallest absolute Gasteiger partial charge is 0.174 e. The highest BCUT2D eigenvalue weighted by molar-refractivity contribution is 8.01. The summed E-state index contributed by atoms with van der Waals surface area (Å²) in [7, 11) is 0. The lowest BCUT2D eigenvalue weighted by Crippen LogP contribution is -2.43. The molecule has 2 rings (SSSR count). The van der Waals surface area contributed by atoms with Crippen LogP contribution in [0, 0.1) is 18.8 Å². The molecular weight excluding hydrogens is 274 g/mol. The largest absolute Gasteiger partial charge is 0.313 e. The molecule has 19 heavy (non-hydrogen) atoms. The SMILES string of the molecule is CCNC1CCC(C(C)C)CC1Sc1nnc(C)s1. The van der Waals surface area contributed by atoms with Crippen molar-refractivity contribution in [2.45, 2.75) is 62.6 Å². The first-order valence-electron chi connectivity index (χ1n) is 7.30. The van der Waals surface area contributed by atoms with Crippen LogP contribution >= 0.6 is 23.1 Å². The second kappa shape index (κ2) is 7.04. The summed E-state index contributed by atoms with van der Waals surface area (Å²) < 4.78 is 1.13. The lowest BCUT2D eigenvalue weighted by atomic mass is 9.79. The van der Waals surface area contributed by atoms with Gasteiger partial charge in [-0.25, -0.2) is 0 Å². The van der Waals surface area contributed by atoms with Crippen LogP contribution in [0.2, 0.25) is 0 Å². The first-order chi connectivity index (χ1) is 9.10. The molecule has 108 valence electrons. The molecule has 3 atom stereocenters. The van der Waals surface area contributed by atoms with E-state index in [1.54, 1.807) is 11.3 Å². The second-order valence-electron chi connectivity index (χ2n) is 5.72. The van der Waals surface area contributed by atoms with E-state index in [4.69, 9.17) is 0 Å². The number of rotatable bonds is 5. The minimum absolute atomic E-state index is 0.634. The first kappa shape index (κ1) is 15.3. The molecule has 0 saturated heterocycles. The fourth-order valence-electron chi connectivity index (χ4n) is 2.85. The quantitative estimate of drug-likeness (QED) is 0.899. The van der Waals surface area contributed by atoms with E-state index in [1.807, 2.05) is 18.7 Å². The molecule has 3 unspecified atom stereocenters. The van der Waals surface area contributed by atoms with E-state index in [2.05, 4.69) is 36.3 Å². The van der Waals surface area contributed by atoms with Crippen molar-refractivity contribution in [1.82, 2.24) is 15.5 Å². The van der Waals surface area contributed by atoms with E-state index < -0.39 is 0 Å². The van der Waals surface area contributed by atoms with E-state index in [0.29, 0.717) is 11.3 Å². The summed E-state index contributed by atoms with van der Waals surface area (Å²) in [6.07, 6.45) is 3.96. The van der Waals surface area contributed by atoms with Crippen molar-refractivity contribution in [2.75, 3.05) is 6.54 Å². The van der Waals surface area contributed by atoms with Crippen LogP contribution in [0.4, 0.5) is 0 Å². The summed E-state index contributed by atoms with van der Waals surface area (Å²) in [5.74, 6) is 1.66. The van der Waals surface area contributed by atoms with E-state index in [-0.39, 0.29) is 0 Å². The third-order valence-electron chi connectivity index (χ3n) is 4.00. The fraction of sp³-hybridized carbons (Fsp3) is 0.857. The lowest BCUT2D eigenvalue weighted by molar-refractivity contribution is 0.247. The van der Waals surface area contributed by atoms with Crippen LogP contribution in [0.5, 0.6) is 0 Å². The number of nitrogens with one attached hydrogen (secondary N) is 1. The number of hydrogen-bond donors (Lipinski definition) is 1. The Labute approximate surface area is 125 Å². The molecule has 3 nitrogen and oxygen atoms in total. The summed E-state index contributed by atoms with van der Waals surface area (Å²) in [6, 6.07) is 0.634. The van der Waals surface area contributed by atoms with Crippen LogP contribution in [0.1, 0.15) is 45.0 Å². The molecule has 0 spiro atoms. The molecule has 0 aliphatic heterocycles. The van der Waals surface area contributed by atoms with Crippen molar-refractivity contribution >= 4 is 23.1 Å². The van der Waals surface area contributed by atoms with Gasteiger partial charge in [0.15, 0.2) is 4.34 Å². The Morgan fingerprint density at radius 3 is 2.74 bits per heavy atom. The Bertz CT molecular complexity index is 392. The van der Waals surface area contributed by atoms with E-state index >= 15 is 0 Å². The van der Waals surface area contributed by atoms with Crippen LogP contribution < -0.4 is 5.32 Å². The molecule has 0 bridgehead atoms. The predicted octanol–water partition coefficient (Wildman–Crippen LogP) is 3.74. The molecule has 1 saturated carbocycles. The van der Waals surface area contributed by atoms with Gasteiger partial charge in [-0.2, -0.15) is 0 Å². The Morgan fingerprint density at radius 2 is 2.16 bits per heavy atom. The average molecular weight is 300 g/mol. The zero-order chi connectivity index (χ0) is 13.8. The van der Waals surface area contributed by atoms with Gasteiger partial charge in [0, 0.05) is 11.3 Å². The minimum Gasteiger partial charge on any atom is -0.313 e. The van der Waals surface area contributed by atoms with Gasteiger partial charge >= 0.3 is 0 Å². The summed E-state index contributed by atoms with van der Waals surface area (Å²) in [6.45, 7) is 10.00. The third kappa shape index (κ3) is 4.17. The van der Waals surface area contributed by atoms with Gasteiger partial charge in [-0.3, -0.25) is 0 Å². The highest BCUT2D eigenvalue weighted by atomic mass is 32.2. The molecule has 1 aliphatic carbocycles. The normalized spacial score (nSPS) is 27.9. The van der Waals surface area contributed by atoms with Crippen LogP contribution in [0.15, 0.2) is 4.34 Å². The zero-order valence-electron chi connectivity index (χ0n) is 12.3. The molecular formula is C14H25N3S2. The highest BCUT2D eigenvalue weighted by Gasteiger charge is 2.32. The summed E-state index contributed by atoms with van der Waals surface area (Å²) in [5.41, 5.74) is 0. The van der Waals surface area contributed by atoms with Crippen molar-refractivity contribution < 1.29 is 0 Å². The van der Waals surface area contributed by atoms with Crippen molar-refractivity contribution in [1.29, 1.82) is 0 Å². The molecule has 1 aromatic rings. The lowest BCUT2D eigenvalue weighted by Gasteiger charge is -2.37.